The van der Waals surface area contributed by atoms with Crippen molar-refractivity contribution in [2.45, 2.75) is 13.8 Å². The summed E-state index contributed by atoms with van der Waals surface area (Å²) in [5.41, 5.74) is 2.94. The van der Waals surface area contributed by atoms with Crippen LogP contribution in [0.2, 0.25) is 0 Å². The first-order chi connectivity index (χ1) is 13.4. The Morgan fingerprint density at radius 1 is 0.552 bits per heavy atom. The molecule has 0 fully saturated rings. The van der Waals surface area contributed by atoms with Crippen molar-refractivity contribution in [3.8, 4) is 0 Å². The number of carbonyl (C=O) groups is 2. The number of rotatable bonds is 2. The van der Waals surface area contributed by atoms with Crippen LogP contribution in [0.1, 0.15) is 31.8 Å². The van der Waals surface area contributed by atoms with E-state index in [4.69, 9.17) is 10.2 Å². The van der Waals surface area contributed by atoms with Crippen LogP contribution < -0.4 is 0 Å². The third-order valence-electron chi connectivity index (χ3n) is 4.74. The van der Waals surface area contributed by atoms with Crippen LogP contribution in [0.25, 0.3) is 21.5 Å². The summed E-state index contributed by atoms with van der Waals surface area (Å²) >= 11 is 0. The molecule has 2 N–H and O–H groups in total. The fourth-order valence-electron chi connectivity index (χ4n) is 3.27. The van der Waals surface area contributed by atoms with Gasteiger partial charge in [-0.3, -0.25) is 0 Å². The third-order valence-corrected chi connectivity index (χ3v) is 4.74. The molecule has 0 saturated heterocycles. The second-order valence-corrected chi connectivity index (χ2v) is 6.56. The van der Waals surface area contributed by atoms with E-state index in [2.05, 4.69) is 0 Å². The third kappa shape index (κ3) is 4.69. The second kappa shape index (κ2) is 9.44. The van der Waals surface area contributed by atoms with Crippen LogP contribution >= 0.6 is 0 Å². The fourth-order valence-corrected chi connectivity index (χ4v) is 3.27. The van der Waals surface area contributed by atoms with Crippen molar-refractivity contribution < 1.29 is 39.3 Å². The topological polar surface area (TPSA) is 74.6 Å². The molecule has 0 aliphatic heterocycles. The van der Waals surface area contributed by atoms with Crippen molar-refractivity contribution in [1.82, 2.24) is 0 Å². The van der Waals surface area contributed by atoms with Gasteiger partial charge in [-0.2, -0.15) is 0 Å². The monoisotopic (exact) mass is 436 g/mol. The van der Waals surface area contributed by atoms with Crippen LogP contribution in [-0.2, 0) is 19.5 Å². The van der Waals surface area contributed by atoms with Gasteiger partial charge in [0.05, 0.1) is 11.1 Å². The number of hydrogen-bond donors (Lipinski definition) is 2. The van der Waals surface area contributed by atoms with E-state index in [1.165, 1.54) is 0 Å². The molecule has 0 aliphatic carbocycles. The molecule has 4 aromatic rings. The molecule has 4 nitrogen and oxygen atoms in total. The summed E-state index contributed by atoms with van der Waals surface area (Å²) in [6, 6.07) is 22.1. The predicted molar refractivity (Wildman–Crippen MR) is 111 cm³/mol. The molecule has 4 aromatic carbocycles. The van der Waals surface area contributed by atoms with Gasteiger partial charge in [0.1, 0.15) is 0 Å². The van der Waals surface area contributed by atoms with Gasteiger partial charge < -0.3 is 10.2 Å². The van der Waals surface area contributed by atoms with Crippen molar-refractivity contribution in [3.05, 3.63) is 95.1 Å². The Kier molecular flexibility index (Phi) is 7.25. The molecule has 0 aliphatic rings. The van der Waals surface area contributed by atoms with E-state index in [9.17, 15) is 9.59 Å². The van der Waals surface area contributed by atoms with Gasteiger partial charge in [-0.15, -0.1) is 0 Å². The van der Waals surface area contributed by atoms with Crippen molar-refractivity contribution in [2.24, 2.45) is 0 Å². The molecule has 0 unspecified atom stereocenters. The smallest absolute Gasteiger partial charge is 0.336 e. The van der Waals surface area contributed by atoms with Crippen LogP contribution in [-0.4, -0.2) is 22.2 Å². The molecule has 0 radical (unpaired) electrons. The van der Waals surface area contributed by atoms with Gasteiger partial charge in [-0.25, -0.2) is 9.59 Å². The normalized spacial score (nSPS) is 10.0. The van der Waals surface area contributed by atoms with E-state index < -0.39 is 11.9 Å². The van der Waals surface area contributed by atoms with Crippen LogP contribution in [0.5, 0.6) is 0 Å². The molecule has 0 saturated carbocycles. The van der Waals surface area contributed by atoms with E-state index in [1.807, 2.05) is 74.5 Å². The van der Waals surface area contributed by atoms with Crippen LogP contribution in [0.4, 0.5) is 0 Å². The zero-order chi connectivity index (χ0) is 20.3. The summed E-state index contributed by atoms with van der Waals surface area (Å²) in [7, 11) is 0. The Morgan fingerprint density at radius 3 is 1.17 bits per heavy atom. The summed E-state index contributed by atoms with van der Waals surface area (Å²) < 4.78 is 0. The van der Waals surface area contributed by atoms with Crippen LogP contribution in [0.3, 0.4) is 0 Å². The Hall–Kier alpha value is -3.04. The SMILES string of the molecule is Cc1ccc(C(=O)O)c2ccccc12.Cc1ccc(C(=O)O)c2ccccc12.[Zn]. The Labute approximate surface area is 181 Å². The maximum atomic E-state index is 10.9. The largest absolute Gasteiger partial charge is 0.478 e. The van der Waals surface area contributed by atoms with Crippen LogP contribution in [0, 0.1) is 13.8 Å². The van der Waals surface area contributed by atoms with Gasteiger partial charge in [0.2, 0.25) is 0 Å². The zero-order valence-electron chi connectivity index (χ0n) is 16.3. The molecule has 0 heterocycles. The maximum absolute atomic E-state index is 10.9. The summed E-state index contributed by atoms with van der Waals surface area (Å²) in [5.74, 6) is -1.75. The Balaban J connectivity index is 0.000000200. The molecule has 0 bridgehead atoms. The first-order valence-corrected chi connectivity index (χ1v) is 8.83. The molecular weight excluding hydrogens is 418 g/mol. The van der Waals surface area contributed by atoms with Crippen molar-refractivity contribution in [2.75, 3.05) is 0 Å². The molecule has 0 spiro atoms. The molecular formula is C24H20O4Zn. The minimum Gasteiger partial charge on any atom is -0.478 e. The van der Waals surface area contributed by atoms with Gasteiger partial charge in [-0.05, 0) is 58.7 Å². The average molecular weight is 438 g/mol. The quantitative estimate of drug-likeness (QED) is 0.395. The van der Waals surface area contributed by atoms with E-state index in [-0.39, 0.29) is 19.5 Å². The Bertz CT molecular complexity index is 1100. The molecule has 29 heavy (non-hydrogen) atoms. The Morgan fingerprint density at radius 2 is 0.862 bits per heavy atom. The van der Waals surface area contributed by atoms with E-state index >= 15 is 0 Å². The van der Waals surface area contributed by atoms with E-state index in [0.29, 0.717) is 11.1 Å². The first kappa shape index (κ1) is 22.3. The predicted octanol–water partition coefficient (Wildman–Crippen LogP) is 5.69. The van der Waals surface area contributed by atoms with Gasteiger partial charge >= 0.3 is 11.9 Å². The molecule has 0 aromatic heterocycles. The summed E-state index contributed by atoms with van der Waals surface area (Å²) in [5, 5.41) is 21.6. The number of carboxylic acids is 2. The summed E-state index contributed by atoms with van der Waals surface area (Å²) in [6.45, 7) is 3.96. The molecule has 0 atom stereocenters. The van der Waals surface area contributed by atoms with Crippen molar-refractivity contribution >= 4 is 33.5 Å². The summed E-state index contributed by atoms with van der Waals surface area (Å²) in [6.07, 6.45) is 0. The standard InChI is InChI=1S/2C12H10O2.Zn/c2*1-8-6-7-11(12(13)14)10-5-3-2-4-9(8)10;/h2*2-7H,1H3,(H,13,14);. The number of benzene rings is 4. The van der Waals surface area contributed by atoms with Gasteiger partial charge in [0, 0.05) is 19.5 Å². The number of aromatic carboxylic acids is 2. The summed E-state index contributed by atoms with van der Waals surface area (Å²) in [4.78, 5) is 21.9. The van der Waals surface area contributed by atoms with Crippen LogP contribution in [0.15, 0.2) is 72.8 Å². The van der Waals surface area contributed by atoms with E-state index in [0.717, 1.165) is 32.7 Å². The van der Waals surface area contributed by atoms with Gasteiger partial charge in [-0.1, -0.05) is 60.7 Å². The number of fused-ring (bicyclic) bond motifs is 2. The fraction of sp³-hybridized carbons (Fsp3) is 0.0833. The second-order valence-electron chi connectivity index (χ2n) is 6.56. The minimum atomic E-state index is -0.874. The van der Waals surface area contributed by atoms with Crippen molar-refractivity contribution in [1.29, 1.82) is 0 Å². The molecule has 5 heteroatoms. The number of hydrogen-bond acceptors (Lipinski definition) is 2. The van der Waals surface area contributed by atoms with Crippen molar-refractivity contribution in [3.63, 3.8) is 0 Å². The minimum absolute atomic E-state index is 0. The molecule has 142 valence electrons. The number of aryl methyl sites for hydroxylation is 2. The molecule has 0 amide bonds. The maximum Gasteiger partial charge on any atom is 0.336 e. The van der Waals surface area contributed by atoms with E-state index in [1.54, 1.807) is 12.1 Å². The first-order valence-electron chi connectivity index (χ1n) is 8.83. The van der Waals surface area contributed by atoms with Gasteiger partial charge in [0.15, 0.2) is 0 Å². The molecule has 4 rings (SSSR count). The van der Waals surface area contributed by atoms with Gasteiger partial charge in [0.25, 0.3) is 0 Å². The average Bonchev–Trinajstić information content (AvgIpc) is 2.69. The zero-order valence-corrected chi connectivity index (χ0v) is 19.3. The number of carboxylic acid groups (broad SMARTS) is 2.